The van der Waals surface area contributed by atoms with E-state index >= 15 is 0 Å². The summed E-state index contributed by atoms with van der Waals surface area (Å²) in [6.07, 6.45) is 1.10. The molecule has 0 saturated carbocycles. The van der Waals surface area contributed by atoms with Crippen LogP contribution in [0.3, 0.4) is 0 Å². The summed E-state index contributed by atoms with van der Waals surface area (Å²) in [5.74, 6) is -0.167. The van der Waals surface area contributed by atoms with E-state index < -0.39 is 0 Å². The zero-order valence-corrected chi connectivity index (χ0v) is 10.3. The second-order valence-electron chi connectivity index (χ2n) is 4.39. The van der Waals surface area contributed by atoms with Gasteiger partial charge in [-0.15, -0.1) is 0 Å². The lowest BCUT2D eigenvalue weighted by Gasteiger charge is -2.15. The quantitative estimate of drug-likeness (QED) is 0.747. The molecule has 1 N–H and O–H groups in total. The number of benzene rings is 1. The van der Waals surface area contributed by atoms with Crippen molar-refractivity contribution in [2.24, 2.45) is 0 Å². The summed E-state index contributed by atoms with van der Waals surface area (Å²) in [7, 11) is 4.13. The van der Waals surface area contributed by atoms with Gasteiger partial charge in [0.1, 0.15) is 5.82 Å². The van der Waals surface area contributed by atoms with Crippen LogP contribution in [-0.4, -0.2) is 32.1 Å². The van der Waals surface area contributed by atoms with Gasteiger partial charge in [0.25, 0.3) is 0 Å². The van der Waals surface area contributed by atoms with E-state index in [-0.39, 0.29) is 11.9 Å². The monoisotopic (exact) mass is 224 g/mol. The Balaban J connectivity index is 2.32. The lowest BCUT2D eigenvalue weighted by Crippen LogP contribution is -2.23. The molecule has 3 heteroatoms. The molecule has 1 aromatic carbocycles. The molecule has 0 saturated heterocycles. The van der Waals surface area contributed by atoms with Gasteiger partial charge in [0.2, 0.25) is 0 Å². The molecule has 1 atom stereocenters. The second-order valence-corrected chi connectivity index (χ2v) is 4.39. The van der Waals surface area contributed by atoms with E-state index in [1.807, 2.05) is 6.07 Å². The van der Waals surface area contributed by atoms with Gasteiger partial charge in [0.15, 0.2) is 0 Å². The van der Waals surface area contributed by atoms with E-state index in [2.05, 4.69) is 31.2 Å². The topological polar surface area (TPSA) is 15.3 Å². The molecular weight excluding hydrogens is 203 g/mol. The van der Waals surface area contributed by atoms with Crippen molar-refractivity contribution in [3.8, 4) is 0 Å². The van der Waals surface area contributed by atoms with Crippen LogP contribution in [0, 0.1) is 5.82 Å². The van der Waals surface area contributed by atoms with E-state index in [4.69, 9.17) is 0 Å². The lowest BCUT2D eigenvalue weighted by atomic mass is 10.1. The third-order valence-electron chi connectivity index (χ3n) is 2.58. The highest BCUT2D eigenvalue weighted by atomic mass is 19.1. The Morgan fingerprint density at radius 2 is 2.12 bits per heavy atom. The van der Waals surface area contributed by atoms with Gasteiger partial charge in [0.05, 0.1) is 0 Å². The predicted molar refractivity (Wildman–Crippen MR) is 66.0 cm³/mol. The number of rotatable bonds is 6. The Morgan fingerprint density at radius 3 is 2.75 bits per heavy atom. The molecule has 0 fully saturated rings. The highest BCUT2D eigenvalue weighted by Crippen LogP contribution is 2.12. The Morgan fingerprint density at radius 1 is 1.38 bits per heavy atom. The summed E-state index contributed by atoms with van der Waals surface area (Å²) >= 11 is 0. The van der Waals surface area contributed by atoms with E-state index in [0.29, 0.717) is 0 Å². The maximum absolute atomic E-state index is 13.0. The number of nitrogens with zero attached hydrogens (tertiary/aromatic N) is 1. The molecule has 2 nitrogen and oxygen atoms in total. The molecule has 1 rings (SSSR count). The minimum absolute atomic E-state index is 0.167. The highest BCUT2D eigenvalue weighted by Gasteiger charge is 2.04. The SMILES string of the molecule is CC(NCCCN(C)C)c1cccc(F)c1. The minimum Gasteiger partial charge on any atom is -0.310 e. The van der Waals surface area contributed by atoms with Crippen LogP contribution in [0.5, 0.6) is 0 Å². The van der Waals surface area contributed by atoms with Gasteiger partial charge in [-0.3, -0.25) is 0 Å². The second kappa shape index (κ2) is 6.61. The van der Waals surface area contributed by atoms with Crippen LogP contribution in [-0.2, 0) is 0 Å². The van der Waals surface area contributed by atoms with E-state index in [1.54, 1.807) is 12.1 Å². The fourth-order valence-corrected chi connectivity index (χ4v) is 1.61. The van der Waals surface area contributed by atoms with E-state index in [9.17, 15) is 4.39 Å². The van der Waals surface area contributed by atoms with Crippen molar-refractivity contribution in [3.05, 3.63) is 35.6 Å². The number of hydrogen-bond donors (Lipinski definition) is 1. The Bertz CT molecular complexity index is 313. The van der Waals surface area contributed by atoms with Crippen molar-refractivity contribution >= 4 is 0 Å². The normalized spacial score (nSPS) is 13.1. The molecular formula is C13H21FN2. The van der Waals surface area contributed by atoms with E-state index in [1.165, 1.54) is 6.07 Å². The summed E-state index contributed by atoms with van der Waals surface area (Å²) in [5.41, 5.74) is 1.00. The van der Waals surface area contributed by atoms with E-state index in [0.717, 1.165) is 25.1 Å². The Kier molecular flexibility index (Phi) is 5.43. The van der Waals surface area contributed by atoms with Crippen molar-refractivity contribution < 1.29 is 4.39 Å². The van der Waals surface area contributed by atoms with Crippen LogP contribution in [0.1, 0.15) is 24.9 Å². The molecule has 16 heavy (non-hydrogen) atoms. The van der Waals surface area contributed by atoms with Gasteiger partial charge < -0.3 is 10.2 Å². The zero-order valence-electron chi connectivity index (χ0n) is 10.3. The molecule has 0 aliphatic carbocycles. The smallest absolute Gasteiger partial charge is 0.123 e. The summed E-state index contributed by atoms with van der Waals surface area (Å²) in [4.78, 5) is 2.16. The molecule has 0 aliphatic heterocycles. The van der Waals surface area contributed by atoms with Gasteiger partial charge in [-0.2, -0.15) is 0 Å². The van der Waals surface area contributed by atoms with Gasteiger partial charge in [-0.1, -0.05) is 12.1 Å². The number of halogens is 1. The summed E-state index contributed by atoms with van der Waals surface area (Å²) in [6.45, 7) is 4.09. The van der Waals surface area contributed by atoms with Crippen molar-refractivity contribution in [2.75, 3.05) is 27.2 Å². The fraction of sp³-hybridized carbons (Fsp3) is 0.538. The first-order valence-electron chi connectivity index (χ1n) is 5.73. The van der Waals surface area contributed by atoms with Crippen LogP contribution in [0.4, 0.5) is 4.39 Å². The van der Waals surface area contributed by atoms with Gasteiger partial charge in [-0.05, 0) is 58.2 Å². The zero-order chi connectivity index (χ0) is 12.0. The molecule has 90 valence electrons. The molecule has 0 amide bonds. The number of hydrogen-bond acceptors (Lipinski definition) is 2. The summed E-state index contributed by atoms with van der Waals surface area (Å²) < 4.78 is 13.0. The van der Waals surface area contributed by atoms with Crippen molar-refractivity contribution in [2.45, 2.75) is 19.4 Å². The molecule has 0 radical (unpaired) electrons. The number of nitrogens with one attached hydrogen (secondary N) is 1. The average Bonchev–Trinajstić information content (AvgIpc) is 2.24. The van der Waals surface area contributed by atoms with Gasteiger partial charge >= 0.3 is 0 Å². The Hall–Kier alpha value is -0.930. The van der Waals surface area contributed by atoms with Crippen LogP contribution in [0.2, 0.25) is 0 Å². The predicted octanol–water partition coefficient (Wildman–Crippen LogP) is 2.43. The van der Waals surface area contributed by atoms with Crippen LogP contribution < -0.4 is 5.32 Å². The van der Waals surface area contributed by atoms with Crippen molar-refractivity contribution in [3.63, 3.8) is 0 Å². The van der Waals surface area contributed by atoms with Gasteiger partial charge in [0, 0.05) is 6.04 Å². The maximum Gasteiger partial charge on any atom is 0.123 e. The maximum atomic E-state index is 13.0. The van der Waals surface area contributed by atoms with Crippen LogP contribution in [0.25, 0.3) is 0 Å². The Labute approximate surface area is 97.5 Å². The summed E-state index contributed by atoms with van der Waals surface area (Å²) in [6, 6.07) is 6.97. The van der Waals surface area contributed by atoms with Crippen molar-refractivity contribution in [1.29, 1.82) is 0 Å². The summed E-state index contributed by atoms with van der Waals surface area (Å²) in [5, 5.41) is 3.39. The molecule has 0 bridgehead atoms. The first-order chi connectivity index (χ1) is 7.59. The highest BCUT2D eigenvalue weighted by molar-refractivity contribution is 5.19. The first-order valence-corrected chi connectivity index (χ1v) is 5.73. The molecule has 1 aromatic rings. The largest absolute Gasteiger partial charge is 0.310 e. The van der Waals surface area contributed by atoms with Crippen molar-refractivity contribution in [1.82, 2.24) is 10.2 Å². The molecule has 0 aromatic heterocycles. The molecule has 0 spiro atoms. The molecule has 0 heterocycles. The standard InChI is InChI=1S/C13H21FN2/c1-11(15-8-5-9-16(2)3)12-6-4-7-13(14)10-12/h4,6-7,10-11,15H,5,8-9H2,1-3H3. The van der Waals surface area contributed by atoms with Crippen LogP contribution in [0.15, 0.2) is 24.3 Å². The first kappa shape index (κ1) is 13.1. The average molecular weight is 224 g/mol. The lowest BCUT2D eigenvalue weighted by molar-refractivity contribution is 0.389. The third kappa shape index (κ3) is 4.73. The minimum atomic E-state index is -0.167. The molecule has 0 aliphatic rings. The third-order valence-corrected chi connectivity index (χ3v) is 2.58. The fourth-order valence-electron chi connectivity index (χ4n) is 1.61. The van der Waals surface area contributed by atoms with Gasteiger partial charge in [-0.25, -0.2) is 4.39 Å². The van der Waals surface area contributed by atoms with Crippen LogP contribution >= 0.6 is 0 Å². The molecule has 1 unspecified atom stereocenters.